The molecule has 2 aliphatic rings. The zero-order valence-electron chi connectivity index (χ0n) is 16.8. The molecule has 0 unspecified atom stereocenters. The number of carbonyl (C=O) groups is 1. The van der Waals surface area contributed by atoms with E-state index in [9.17, 15) is 4.79 Å². The number of rotatable bonds is 5. The van der Waals surface area contributed by atoms with Crippen LogP contribution in [0.4, 0.5) is 0 Å². The number of amides is 1. The summed E-state index contributed by atoms with van der Waals surface area (Å²) >= 11 is 8.09. The molecule has 0 spiro atoms. The Kier molecular flexibility index (Phi) is 5.35. The maximum atomic E-state index is 13.3. The van der Waals surface area contributed by atoms with Crippen molar-refractivity contribution in [2.45, 2.75) is 32.2 Å². The number of hydrogen-bond donors (Lipinski definition) is 0. The standard InChI is InChI=1S/C22H23ClN4O2S/c1-14-20(21(25-29-14)16-4-2-3-5-17(16)23)22(28)27-10-8-26(9-11-27)12-19-24-18(13-30-19)15-6-7-15/h2-5,13,15H,6-12H2,1H3. The quantitative estimate of drug-likeness (QED) is 0.578. The van der Waals surface area contributed by atoms with Gasteiger partial charge in [-0.2, -0.15) is 0 Å². The number of aryl methyl sites for hydroxylation is 1. The van der Waals surface area contributed by atoms with Crippen LogP contribution in [0.2, 0.25) is 5.02 Å². The molecule has 1 amide bonds. The van der Waals surface area contributed by atoms with Gasteiger partial charge in [-0.3, -0.25) is 9.69 Å². The molecule has 1 aromatic carbocycles. The number of aromatic nitrogens is 2. The summed E-state index contributed by atoms with van der Waals surface area (Å²) in [4.78, 5) is 22.3. The van der Waals surface area contributed by atoms with Crippen LogP contribution in [0.1, 0.15) is 45.6 Å². The Labute approximate surface area is 184 Å². The Bertz CT molecular complexity index is 1070. The molecule has 0 atom stereocenters. The molecule has 1 saturated carbocycles. The van der Waals surface area contributed by atoms with Crippen LogP contribution in [-0.4, -0.2) is 52.0 Å². The van der Waals surface area contributed by atoms with Crippen molar-refractivity contribution in [3.8, 4) is 11.3 Å². The largest absolute Gasteiger partial charge is 0.360 e. The normalized spacial score (nSPS) is 17.5. The number of thiazole rings is 1. The molecule has 1 saturated heterocycles. The zero-order chi connectivity index (χ0) is 20.7. The molecule has 8 heteroatoms. The summed E-state index contributed by atoms with van der Waals surface area (Å²) in [6, 6.07) is 7.39. The molecule has 2 fully saturated rings. The van der Waals surface area contributed by atoms with E-state index in [0.717, 1.165) is 19.6 Å². The molecule has 0 radical (unpaired) electrons. The summed E-state index contributed by atoms with van der Waals surface area (Å²) in [5, 5.41) is 8.06. The Morgan fingerprint density at radius 3 is 2.73 bits per heavy atom. The molecular weight excluding hydrogens is 420 g/mol. The van der Waals surface area contributed by atoms with E-state index in [1.807, 2.05) is 23.1 Å². The average Bonchev–Trinajstić information content (AvgIpc) is 3.39. The van der Waals surface area contributed by atoms with Crippen molar-refractivity contribution in [3.05, 3.63) is 56.7 Å². The van der Waals surface area contributed by atoms with Gasteiger partial charge in [0.05, 0.1) is 17.3 Å². The number of nitrogens with zero attached hydrogens (tertiary/aromatic N) is 4. The first-order valence-electron chi connectivity index (χ1n) is 10.3. The number of carbonyl (C=O) groups excluding carboxylic acids is 1. The highest BCUT2D eigenvalue weighted by Crippen LogP contribution is 2.40. The molecule has 156 valence electrons. The van der Waals surface area contributed by atoms with Gasteiger partial charge >= 0.3 is 0 Å². The van der Waals surface area contributed by atoms with Gasteiger partial charge < -0.3 is 9.42 Å². The molecule has 0 bridgehead atoms. The lowest BCUT2D eigenvalue weighted by atomic mass is 10.0. The predicted octanol–water partition coefficient (Wildman–Crippen LogP) is 4.60. The second kappa shape index (κ2) is 8.13. The summed E-state index contributed by atoms with van der Waals surface area (Å²) in [5.41, 5.74) is 3.00. The minimum absolute atomic E-state index is 0.0476. The number of halogens is 1. The first kappa shape index (κ1) is 19.7. The Morgan fingerprint density at radius 2 is 2.00 bits per heavy atom. The van der Waals surface area contributed by atoms with Crippen molar-refractivity contribution < 1.29 is 9.32 Å². The van der Waals surface area contributed by atoms with Crippen LogP contribution < -0.4 is 0 Å². The second-order valence-electron chi connectivity index (χ2n) is 7.95. The molecule has 30 heavy (non-hydrogen) atoms. The van der Waals surface area contributed by atoms with Crippen LogP contribution >= 0.6 is 22.9 Å². The van der Waals surface area contributed by atoms with E-state index in [1.54, 1.807) is 24.3 Å². The lowest BCUT2D eigenvalue weighted by Gasteiger charge is -2.34. The third-order valence-corrected chi connectivity index (χ3v) is 6.97. The van der Waals surface area contributed by atoms with E-state index >= 15 is 0 Å². The van der Waals surface area contributed by atoms with Crippen molar-refractivity contribution in [3.63, 3.8) is 0 Å². The molecule has 5 rings (SSSR count). The van der Waals surface area contributed by atoms with Gasteiger partial charge in [0, 0.05) is 43.0 Å². The SMILES string of the molecule is Cc1onc(-c2ccccc2Cl)c1C(=O)N1CCN(Cc2nc(C3CC3)cs2)CC1. The predicted molar refractivity (Wildman–Crippen MR) is 117 cm³/mol. The Hall–Kier alpha value is -2.22. The zero-order valence-corrected chi connectivity index (χ0v) is 18.4. The Balaban J connectivity index is 1.26. The first-order valence-corrected chi connectivity index (χ1v) is 11.5. The van der Waals surface area contributed by atoms with Gasteiger partial charge in [0.25, 0.3) is 5.91 Å². The summed E-state index contributed by atoms with van der Waals surface area (Å²) < 4.78 is 5.37. The maximum Gasteiger partial charge on any atom is 0.259 e. The fourth-order valence-electron chi connectivity index (χ4n) is 3.88. The molecule has 6 nitrogen and oxygen atoms in total. The van der Waals surface area contributed by atoms with Gasteiger partial charge in [-0.05, 0) is 25.8 Å². The minimum Gasteiger partial charge on any atom is -0.360 e. The smallest absolute Gasteiger partial charge is 0.259 e. The van der Waals surface area contributed by atoms with Gasteiger partial charge in [0.1, 0.15) is 22.0 Å². The monoisotopic (exact) mass is 442 g/mol. The Morgan fingerprint density at radius 1 is 1.23 bits per heavy atom. The third-order valence-electron chi connectivity index (χ3n) is 5.79. The molecule has 0 N–H and O–H groups in total. The molecule has 1 aliphatic carbocycles. The van der Waals surface area contributed by atoms with Gasteiger partial charge in [-0.25, -0.2) is 4.98 Å². The summed E-state index contributed by atoms with van der Waals surface area (Å²) in [6.07, 6.45) is 2.56. The van der Waals surface area contributed by atoms with Crippen LogP contribution in [0, 0.1) is 6.92 Å². The van der Waals surface area contributed by atoms with Crippen molar-refractivity contribution in [2.75, 3.05) is 26.2 Å². The summed E-state index contributed by atoms with van der Waals surface area (Å²) in [6.45, 7) is 5.64. The first-order chi connectivity index (χ1) is 14.6. The number of benzene rings is 1. The van der Waals surface area contributed by atoms with Crippen LogP contribution in [0.15, 0.2) is 34.2 Å². The highest BCUT2D eigenvalue weighted by atomic mass is 35.5. The minimum atomic E-state index is -0.0476. The molecule has 3 aromatic rings. The average molecular weight is 443 g/mol. The fraction of sp³-hybridized carbons (Fsp3) is 0.409. The topological polar surface area (TPSA) is 62.5 Å². The van der Waals surface area contributed by atoms with E-state index in [0.29, 0.717) is 46.6 Å². The summed E-state index contributed by atoms with van der Waals surface area (Å²) in [5.74, 6) is 1.17. The lowest BCUT2D eigenvalue weighted by molar-refractivity contribution is 0.0627. The third kappa shape index (κ3) is 3.89. The van der Waals surface area contributed by atoms with Gasteiger partial charge in [0.15, 0.2) is 0 Å². The summed E-state index contributed by atoms with van der Waals surface area (Å²) in [7, 11) is 0. The van der Waals surface area contributed by atoms with Crippen LogP contribution in [-0.2, 0) is 6.54 Å². The van der Waals surface area contributed by atoms with Crippen molar-refractivity contribution in [1.82, 2.24) is 19.9 Å². The van der Waals surface area contributed by atoms with Crippen molar-refractivity contribution in [2.24, 2.45) is 0 Å². The van der Waals surface area contributed by atoms with Crippen molar-refractivity contribution >= 4 is 28.8 Å². The molecule has 3 heterocycles. The van der Waals surface area contributed by atoms with Crippen LogP contribution in [0.25, 0.3) is 11.3 Å². The van der Waals surface area contributed by atoms with E-state index in [4.69, 9.17) is 21.1 Å². The van der Waals surface area contributed by atoms with Gasteiger partial charge in [-0.1, -0.05) is 35.0 Å². The molecule has 1 aliphatic heterocycles. The maximum absolute atomic E-state index is 13.3. The van der Waals surface area contributed by atoms with E-state index in [2.05, 4.69) is 15.4 Å². The number of hydrogen-bond acceptors (Lipinski definition) is 6. The van der Waals surface area contributed by atoms with Crippen LogP contribution in [0.5, 0.6) is 0 Å². The molecular formula is C22H23ClN4O2S. The number of piperazine rings is 1. The second-order valence-corrected chi connectivity index (χ2v) is 9.30. The fourth-order valence-corrected chi connectivity index (χ4v) is 5.03. The van der Waals surface area contributed by atoms with E-state index in [1.165, 1.54) is 23.5 Å². The lowest BCUT2D eigenvalue weighted by Crippen LogP contribution is -2.48. The van der Waals surface area contributed by atoms with E-state index < -0.39 is 0 Å². The highest BCUT2D eigenvalue weighted by Gasteiger charge is 2.30. The highest BCUT2D eigenvalue weighted by molar-refractivity contribution is 7.09. The van der Waals surface area contributed by atoms with Gasteiger partial charge in [0.2, 0.25) is 0 Å². The van der Waals surface area contributed by atoms with Crippen LogP contribution in [0.3, 0.4) is 0 Å². The van der Waals surface area contributed by atoms with Gasteiger partial charge in [-0.15, -0.1) is 11.3 Å². The van der Waals surface area contributed by atoms with E-state index in [-0.39, 0.29) is 5.91 Å². The van der Waals surface area contributed by atoms with Crippen molar-refractivity contribution in [1.29, 1.82) is 0 Å². The molecule has 2 aromatic heterocycles.